The summed E-state index contributed by atoms with van der Waals surface area (Å²) < 4.78 is 9.40. The highest BCUT2D eigenvalue weighted by atomic mass is 16.7. The Bertz CT molecular complexity index is 339. The van der Waals surface area contributed by atoms with Crippen LogP contribution in [0.25, 0.3) is 0 Å². The maximum atomic E-state index is 10.5. The molecule has 0 aromatic heterocycles. The number of hydrogen-bond acceptors (Lipinski definition) is 5. The topological polar surface area (TPSA) is 110 Å². The molecule has 1 aliphatic heterocycles. The molecule has 0 aliphatic carbocycles. The van der Waals surface area contributed by atoms with Crippen LogP contribution in [0.1, 0.15) is 39.5 Å². The highest BCUT2D eigenvalue weighted by Crippen LogP contribution is 2.04. The first-order chi connectivity index (χ1) is 10.2. The van der Waals surface area contributed by atoms with Crippen molar-refractivity contribution in [3.05, 3.63) is 24.3 Å². The fourth-order valence-electron chi connectivity index (χ4n) is 0.910. The molecule has 1 heterocycles. The Morgan fingerprint density at radius 1 is 0.864 bits per heavy atom. The molecule has 1 fully saturated rings. The molecule has 0 bridgehead atoms. The molecule has 0 aromatic rings. The van der Waals surface area contributed by atoms with E-state index in [1.165, 1.54) is 13.8 Å². The molecular weight excluding hydrogens is 292 g/mol. The number of carbonyl (C=O) groups excluding carboxylic acids is 1. The highest BCUT2D eigenvalue weighted by Gasteiger charge is 2.04. The molecular formula is C15H24O7. The van der Waals surface area contributed by atoms with Gasteiger partial charge in [0, 0.05) is 11.1 Å². The molecule has 0 radical (unpaired) electrons. The Balaban J connectivity index is 0. The lowest BCUT2D eigenvalue weighted by Crippen LogP contribution is -2.07. The Labute approximate surface area is 130 Å². The number of carbonyl (C=O) groups is 3. The lowest BCUT2D eigenvalue weighted by atomic mass is 10.2. The zero-order valence-corrected chi connectivity index (χ0v) is 13.1. The zero-order chi connectivity index (χ0) is 17.5. The smallest absolute Gasteiger partial charge is 0.478 e. The van der Waals surface area contributed by atoms with E-state index in [0.29, 0.717) is 13.2 Å². The first-order valence-corrected chi connectivity index (χ1v) is 6.75. The van der Waals surface area contributed by atoms with Gasteiger partial charge in [0.05, 0.1) is 13.2 Å². The molecule has 0 spiro atoms. The second-order valence-electron chi connectivity index (χ2n) is 4.53. The molecule has 1 aliphatic rings. The van der Waals surface area contributed by atoms with E-state index in [4.69, 9.17) is 19.7 Å². The van der Waals surface area contributed by atoms with Crippen molar-refractivity contribution in [2.24, 2.45) is 0 Å². The van der Waals surface area contributed by atoms with Crippen molar-refractivity contribution >= 4 is 18.1 Å². The van der Waals surface area contributed by atoms with E-state index in [9.17, 15) is 14.4 Å². The first kappa shape index (κ1) is 22.0. The lowest BCUT2D eigenvalue weighted by molar-refractivity contribution is -0.133. The number of rotatable bonds is 2. The van der Waals surface area contributed by atoms with Gasteiger partial charge in [-0.2, -0.15) is 0 Å². The van der Waals surface area contributed by atoms with Crippen molar-refractivity contribution in [1.29, 1.82) is 0 Å². The van der Waals surface area contributed by atoms with Gasteiger partial charge < -0.3 is 19.7 Å². The van der Waals surface area contributed by atoms with Gasteiger partial charge in [0.2, 0.25) is 0 Å². The van der Waals surface area contributed by atoms with Gasteiger partial charge >= 0.3 is 18.1 Å². The molecule has 1 saturated heterocycles. The second kappa shape index (κ2) is 13.7. The maximum absolute atomic E-state index is 10.5. The Hall–Kier alpha value is -2.31. The van der Waals surface area contributed by atoms with E-state index in [2.05, 4.69) is 13.2 Å². The predicted octanol–water partition coefficient (Wildman–Crippen LogP) is 3.01. The number of ether oxygens (including phenoxy) is 2. The van der Waals surface area contributed by atoms with E-state index in [1.54, 1.807) is 0 Å². The number of carboxylic acids is 2. The van der Waals surface area contributed by atoms with Crippen molar-refractivity contribution in [3.63, 3.8) is 0 Å². The average Bonchev–Trinajstić information content (AvgIpc) is 2.53. The van der Waals surface area contributed by atoms with E-state index >= 15 is 0 Å². The van der Waals surface area contributed by atoms with Crippen LogP contribution in [0.3, 0.4) is 0 Å². The Kier molecular flexibility index (Phi) is 13.6. The molecule has 0 saturated carbocycles. The van der Waals surface area contributed by atoms with Gasteiger partial charge in [-0.15, -0.1) is 0 Å². The van der Waals surface area contributed by atoms with Crippen LogP contribution in [0, 0.1) is 0 Å². The van der Waals surface area contributed by atoms with Crippen LogP contribution in [0.2, 0.25) is 0 Å². The van der Waals surface area contributed by atoms with Crippen LogP contribution in [-0.2, 0) is 19.1 Å². The summed E-state index contributed by atoms with van der Waals surface area (Å²) in [4.78, 5) is 29.7. The summed E-state index contributed by atoms with van der Waals surface area (Å²) in [6.07, 6.45) is 3.69. The van der Waals surface area contributed by atoms with E-state index in [0.717, 1.165) is 25.7 Å². The Morgan fingerprint density at radius 2 is 1.14 bits per heavy atom. The molecule has 1 rings (SSSR count). The normalized spacial score (nSPS) is 13.8. The molecule has 22 heavy (non-hydrogen) atoms. The number of carboxylic acid groups (broad SMARTS) is 2. The summed E-state index contributed by atoms with van der Waals surface area (Å²) in [5, 5.41) is 15.8. The minimum Gasteiger partial charge on any atom is -0.478 e. The zero-order valence-electron chi connectivity index (χ0n) is 13.1. The maximum Gasteiger partial charge on any atom is 0.508 e. The summed E-state index contributed by atoms with van der Waals surface area (Å²) in [5.74, 6) is -1.87. The van der Waals surface area contributed by atoms with Crippen molar-refractivity contribution in [2.75, 3.05) is 13.2 Å². The van der Waals surface area contributed by atoms with Crippen molar-refractivity contribution in [3.8, 4) is 0 Å². The van der Waals surface area contributed by atoms with Crippen LogP contribution >= 0.6 is 0 Å². The third-order valence-electron chi connectivity index (χ3n) is 2.21. The third kappa shape index (κ3) is 17.7. The van der Waals surface area contributed by atoms with Gasteiger partial charge in [0.15, 0.2) is 0 Å². The summed E-state index contributed by atoms with van der Waals surface area (Å²) in [6.45, 7) is 10.2. The summed E-state index contributed by atoms with van der Waals surface area (Å²) >= 11 is 0. The summed E-state index contributed by atoms with van der Waals surface area (Å²) in [6, 6.07) is 0. The van der Waals surface area contributed by atoms with Gasteiger partial charge in [-0.05, 0) is 39.5 Å². The fraction of sp³-hybridized carbons (Fsp3) is 0.533. The van der Waals surface area contributed by atoms with Crippen LogP contribution in [0.15, 0.2) is 24.3 Å². The van der Waals surface area contributed by atoms with Crippen molar-refractivity contribution in [2.45, 2.75) is 39.5 Å². The SMILES string of the molecule is C=C(C)C(=O)O.C=C(C)C(=O)O.O=C1OCCCCCCO1. The average molecular weight is 316 g/mol. The summed E-state index contributed by atoms with van der Waals surface area (Å²) in [5.41, 5.74) is 0.352. The van der Waals surface area contributed by atoms with Gasteiger partial charge in [0.1, 0.15) is 0 Å². The molecule has 7 heteroatoms. The minimum atomic E-state index is -0.935. The fourth-order valence-corrected chi connectivity index (χ4v) is 0.910. The second-order valence-corrected chi connectivity index (χ2v) is 4.53. The lowest BCUT2D eigenvalue weighted by Gasteiger charge is -2.00. The quantitative estimate of drug-likeness (QED) is 0.595. The van der Waals surface area contributed by atoms with E-state index in [1.807, 2.05) is 0 Å². The van der Waals surface area contributed by atoms with E-state index < -0.39 is 18.1 Å². The molecule has 0 unspecified atom stereocenters. The van der Waals surface area contributed by atoms with Crippen molar-refractivity contribution < 1.29 is 34.1 Å². The number of cyclic esters (lactones) is 2. The predicted molar refractivity (Wildman–Crippen MR) is 80.7 cm³/mol. The summed E-state index contributed by atoms with van der Waals surface area (Å²) in [7, 11) is 0. The Morgan fingerprint density at radius 3 is 1.36 bits per heavy atom. The van der Waals surface area contributed by atoms with Crippen LogP contribution in [-0.4, -0.2) is 41.5 Å². The van der Waals surface area contributed by atoms with Crippen molar-refractivity contribution in [1.82, 2.24) is 0 Å². The number of hydrogen-bond donors (Lipinski definition) is 2. The van der Waals surface area contributed by atoms with Crippen LogP contribution in [0.5, 0.6) is 0 Å². The molecule has 126 valence electrons. The van der Waals surface area contributed by atoms with Gasteiger partial charge in [-0.25, -0.2) is 14.4 Å². The minimum absolute atomic E-state index is 0.176. The van der Waals surface area contributed by atoms with Gasteiger partial charge in [0.25, 0.3) is 0 Å². The molecule has 2 N–H and O–H groups in total. The highest BCUT2D eigenvalue weighted by molar-refractivity contribution is 5.85. The van der Waals surface area contributed by atoms with E-state index in [-0.39, 0.29) is 11.1 Å². The van der Waals surface area contributed by atoms with Crippen LogP contribution in [0.4, 0.5) is 4.79 Å². The third-order valence-corrected chi connectivity index (χ3v) is 2.21. The monoisotopic (exact) mass is 316 g/mol. The molecule has 0 amide bonds. The molecule has 7 nitrogen and oxygen atoms in total. The van der Waals surface area contributed by atoms with Gasteiger partial charge in [-0.3, -0.25) is 0 Å². The first-order valence-electron chi connectivity index (χ1n) is 6.75. The largest absolute Gasteiger partial charge is 0.508 e. The van der Waals surface area contributed by atoms with Crippen LogP contribution < -0.4 is 0 Å². The van der Waals surface area contributed by atoms with Gasteiger partial charge in [-0.1, -0.05) is 13.2 Å². The molecule has 0 atom stereocenters. The standard InChI is InChI=1S/C7H12O3.2C4H6O2/c8-7-9-5-3-1-2-4-6-10-7;2*1-3(2)4(5)6/h1-6H2;2*1H2,2H3,(H,5,6). The molecule has 0 aromatic carbocycles. The number of aliphatic carboxylic acids is 2.